The molecule has 4 saturated heterocycles. The van der Waals surface area contributed by atoms with Crippen LogP contribution in [0.5, 0.6) is 0 Å². The average Bonchev–Trinajstić information content (AvgIpc) is 3.48. The first kappa shape index (κ1) is 50.8. The van der Waals surface area contributed by atoms with Gasteiger partial charge in [-0.05, 0) is 86.5 Å². The van der Waals surface area contributed by atoms with Crippen LogP contribution in [-0.4, -0.2) is 221 Å². The predicted octanol–water partition coefficient (Wildman–Crippen LogP) is -4.08. The maximum atomic E-state index is 14.3. The summed E-state index contributed by atoms with van der Waals surface area (Å²) >= 11 is 0. The molecule has 8 fully saturated rings. The molecule has 4 aliphatic heterocycles. The summed E-state index contributed by atoms with van der Waals surface area (Å²) in [6, 6.07) is 0. The second kappa shape index (κ2) is 19.2. The highest BCUT2D eigenvalue weighted by molar-refractivity contribution is 5.77. The highest BCUT2D eigenvalue weighted by atomic mass is 16.8. The Morgan fingerprint density at radius 1 is 0.606 bits per heavy atom. The van der Waals surface area contributed by atoms with E-state index in [1.165, 1.54) is 0 Å². The minimum absolute atomic E-state index is 0.0561. The molecule has 22 heteroatoms. The van der Waals surface area contributed by atoms with Crippen LogP contribution in [0.2, 0.25) is 0 Å². The average molecular weight is 951 g/mol. The fourth-order valence-corrected chi connectivity index (χ4v) is 13.5. The number of hydrogen-bond acceptors (Lipinski definition) is 22. The third kappa shape index (κ3) is 8.50. The monoisotopic (exact) mass is 950 g/mol. The molecule has 4 saturated carbocycles. The smallest absolute Gasteiger partial charge is 0.314 e. The summed E-state index contributed by atoms with van der Waals surface area (Å²) in [7, 11) is 0. The molecular weight excluding hydrogens is 880 g/mol. The molecule has 0 aromatic carbocycles. The molecule has 13 N–H and O–H groups in total. The Labute approximate surface area is 381 Å². The fourth-order valence-electron chi connectivity index (χ4n) is 13.5. The van der Waals surface area contributed by atoms with Gasteiger partial charge in [0.15, 0.2) is 18.9 Å². The molecule has 0 amide bonds. The van der Waals surface area contributed by atoms with Crippen molar-refractivity contribution in [2.45, 2.75) is 200 Å². The van der Waals surface area contributed by atoms with Gasteiger partial charge < -0.3 is 104 Å². The number of carbonyl (C=O) groups is 1. The highest BCUT2D eigenvalue weighted by Crippen LogP contribution is 2.73. The molecule has 22 nitrogen and oxygen atoms in total. The molecule has 378 valence electrons. The molecule has 2 bridgehead atoms. The number of hydrogen-bond donors (Lipinski definition) is 13. The molecule has 8 aliphatic rings. The van der Waals surface area contributed by atoms with E-state index in [-0.39, 0.29) is 23.7 Å². The first-order valence-electron chi connectivity index (χ1n) is 23.3. The molecule has 0 radical (unpaired) electrons. The third-order valence-electron chi connectivity index (χ3n) is 17.0. The standard InChI is InChI=1S/C44H70O22/c1-18-12-43-9-5-25-41(2,7-4-8-42(25,3)40(58)65-38-33(57)31(55)28(52)23(15-47)61-38)26(43)6-10-44(18,17-43)66-39-35(64-36-20(50)11-19(49)21(13-45)59-36)34(29(53)24(16-48)62-39)63-37-32(56)30(54)27(51)22(14-46)60-37/h19-39,45-57H,1,4-17H2,2-3H3/t19?,20?,21?,22?,23?,24?,25-,26-,27?,28?,29?,30?,31?,32?,33?,34?,35?,36?,37?,38?,39?,41+,42+,43+,44-/m0/s1. The Morgan fingerprint density at radius 3 is 1.79 bits per heavy atom. The summed E-state index contributed by atoms with van der Waals surface area (Å²) in [6.07, 6.45) is -25.0. The van der Waals surface area contributed by atoms with Gasteiger partial charge in [0.2, 0.25) is 6.29 Å². The van der Waals surface area contributed by atoms with E-state index in [2.05, 4.69) is 13.5 Å². The zero-order valence-corrected chi connectivity index (χ0v) is 37.2. The van der Waals surface area contributed by atoms with Crippen molar-refractivity contribution in [3.8, 4) is 0 Å². The molecule has 19 unspecified atom stereocenters. The molecule has 66 heavy (non-hydrogen) atoms. The Morgan fingerprint density at radius 2 is 1.15 bits per heavy atom. The summed E-state index contributed by atoms with van der Waals surface area (Å²) in [4.78, 5) is 14.3. The van der Waals surface area contributed by atoms with E-state index >= 15 is 0 Å². The zero-order valence-electron chi connectivity index (χ0n) is 37.2. The number of aliphatic hydroxyl groups is 13. The first-order valence-corrected chi connectivity index (χ1v) is 23.3. The first-order chi connectivity index (χ1) is 31.2. The molecule has 4 heterocycles. The summed E-state index contributed by atoms with van der Waals surface area (Å²) < 4.78 is 48.5. The lowest BCUT2D eigenvalue weighted by molar-refractivity contribution is -0.395. The van der Waals surface area contributed by atoms with Crippen LogP contribution >= 0.6 is 0 Å². The number of aliphatic hydroxyl groups excluding tert-OH is 13. The van der Waals surface area contributed by atoms with Gasteiger partial charge in [0.1, 0.15) is 85.5 Å². The van der Waals surface area contributed by atoms with Gasteiger partial charge in [-0.2, -0.15) is 0 Å². The van der Waals surface area contributed by atoms with Crippen molar-refractivity contribution in [2.75, 3.05) is 26.4 Å². The third-order valence-corrected chi connectivity index (χ3v) is 17.0. The summed E-state index contributed by atoms with van der Waals surface area (Å²) in [5.74, 6) is -0.735. The number of fused-ring (bicyclic) bond motifs is 3. The molecule has 0 aromatic rings. The normalized spacial score (nSPS) is 54.0. The number of ether oxygens (including phenoxy) is 8. The Kier molecular flexibility index (Phi) is 14.8. The second-order valence-corrected chi connectivity index (χ2v) is 20.7. The van der Waals surface area contributed by atoms with E-state index in [1.807, 2.05) is 6.92 Å². The van der Waals surface area contributed by atoms with E-state index in [0.717, 1.165) is 12.0 Å². The van der Waals surface area contributed by atoms with Crippen LogP contribution in [0.3, 0.4) is 0 Å². The lowest BCUT2D eigenvalue weighted by Gasteiger charge is -2.64. The fraction of sp³-hybridized carbons (Fsp3) is 0.932. The summed E-state index contributed by atoms with van der Waals surface area (Å²) in [5, 5.41) is 137. The second-order valence-electron chi connectivity index (χ2n) is 20.7. The van der Waals surface area contributed by atoms with Gasteiger partial charge in [0.05, 0.1) is 43.5 Å². The van der Waals surface area contributed by atoms with Crippen LogP contribution in [0.4, 0.5) is 0 Å². The van der Waals surface area contributed by atoms with Crippen LogP contribution in [0.15, 0.2) is 12.2 Å². The topological polar surface area (TPSA) is 354 Å². The van der Waals surface area contributed by atoms with Crippen LogP contribution in [0.25, 0.3) is 0 Å². The van der Waals surface area contributed by atoms with Crippen molar-refractivity contribution < 1.29 is 109 Å². The largest absolute Gasteiger partial charge is 0.432 e. The zero-order chi connectivity index (χ0) is 47.8. The van der Waals surface area contributed by atoms with Crippen molar-refractivity contribution in [3.63, 3.8) is 0 Å². The van der Waals surface area contributed by atoms with Crippen molar-refractivity contribution >= 4 is 5.97 Å². The molecule has 1 spiro atoms. The maximum Gasteiger partial charge on any atom is 0.314 e. The highest BCUT2D eigenvalue weighted by Gasteiger charge is 2.69. The lowest BCUT2D eigenvalue weighted by Crippen LogP contribution is -2.67. The van der Waals surface area contributed by atoms with Crippen molar-refractivity contribution in [1.82, 2.24) is 0 Å². The number of rotatable bonds is 12. The van der Waals surface area contributed by atoms with Crippen LogP contribution in [0.1, 0.15) is 78.1 Å². The SMILES string of the molecule is C=C1C[C@@]23CC[C@H]4[C@@](C)(CCC[C@@]4(C)C(=O)OC4OC(CO)C(O)C(O)C4O)[C@@H]2CC[C@]1(OC1OC(CO)C(O)C(OC2OC(CO)C(O)C(O)C2O)C1OC1OC(CO)C(O)CC1O)C3. The van der Waals surface area contributed by atoms with E-state index in [9.17, 15) is 71.2 Å². The maximum absolute atomic E-state index is 14.3. The van der Waals surface area contributed by atoms with Gasteiger partial charge in [-0.1, -0.05) is 19.9 Å². The van der Waals surface area contributed by atoms with Gasteiger partial charge in [0.25, 0.3) is 0 Å². The van der Waals surface area contributed by atoms with Gasteiger partial charge in [-0.25, -0.2) is 0 Å². The Balaban J connectivity index is 1.06. The van der Waals surface area contributed by atoms with Gasteiger partial charge in [0, 0.05) is 6.42 Å². The van der Waals surface area contributed by atoms with E-state index in [4.69, 9.17) is 37.9 Å². The van der Waals surface area contributed by atoms with E-state index in [0.29, 0.717) is 51.4 Å². The minimum Gasteiger partial charge on any atom is -0.432 e. The van der Waals surface area contributed by atoms with Crippen molar-refractivity contribution in [3.05, 3.63) is 12.2 Å². The molecule has 0 aromatic heterocycles. The quantitative estimate of drug-likeness (QED) is 0.0503. The molecule has 8 rings (SSSR count). The van der Waals surface area contributed by atoms with Gasteiger partial charge in [-0.3, -0.25) is 4.79 Å². The van der Waals surface area contributed by atoms with E-state index in [1.54, 1.807) is 0 Å². The molecular formula is C44H70O22. The van der Waals surface area contributed by atoms with Crippen molar-refractivity contribution in [2.24, 2.45) is 28.1 Å². The molecule has 25 atom stereocenters. The minimum atomic E-state index is -1.91. The summed E-state index contributed by atoms with van der Waals surface area (Å²) in [6.45, 7) is 5.72. The number of carbonyl (C=O) groups excluding carboxylic acids is 1. The van der Waals surface area contributed by atoms with Crippen LogP contribution in [-0.2, 0) is 42.7 Å². The summed E-state index contributed by atoms with van der Waals surface area (Å²) in [5.41, 5.74) is -2.15. The Bertz CT molecular complexity index is 1720. The van der Waals surface area contributed by atoms with Crippen LogP contribution in [0, 0.1) is 28.1 Å². The lowest BCUT2D eigenvalue weighted by atomic mass is 9.41. The molecule has 4 aliphatic carbocycles. The van der Waals surface area contributed by atoms with Crippen LogP contribution < -0.4 is 0 Å². The Hall–Kier alpha value is -1.59. The predicted molar refractivity (Wildman–Crippen MR) is 218 cm³/mol. The van der Waals surface area contributed by atoms with Gasteiger partial charge in [-0.15, -0.1) is 0 Å². The van der Waals surface area contributed by atoms with Gasteiger partial charge >= 0.3 is 5.97 Å². The van der Waals surface area contributed by atoms with Crippen molar-refractivity contribution in [1.29, 1.82) is 0 Å². The van der Waals surface area contributed by atoms with E-state index < -0.39 is 166 Å². The number of esters is 1.